The number of hydrogen-bond acceptors (Lipinski definition) is 2. The first-order valence-electron chi connectivity index (χ1n) is 3.94. The second-order valence-electron chi connectivity index (χ2n) is 3.67. The lowest BCUT2D eigenvalue weighted by atomic mass is 10.3. The number of rotatable bonds is 0. The zero-order chi connectivity index (χ0) is 9.48. The maximum atomic E-state index is 11.9. The van der Waals surface area contributed by atoms with Crippen molar-refractivity contribution in [2.75, 3.05) is 0 Å². The second kappa shape index (κ2) is 1.86. The lowest BCUT2D eigenvalue weighted by Crippen LogP contribution is -2.41. The van der Waals surface area contributed by atoms with Gasteiger partial charge in [-0.2, -0.15) is 0 Å². The fourth-order valence-corrected chi connectivity index (χ4v) is 5.67. The third kappa shape index (κ3) is 0.621. The Hall–Kier alpha value is 0.01000. The molecule has 1 aliphatic carbocycles. The number of alkyl halides is 2. The van der Waals surface area contributed by atoms with Gasteiger partial charge in [-0.3, -0.25) is 0 Å². The summed E-state index contributed by atoms with van der Waals surface area (Å²) in [6.45, 7) is 0. The van der Waals surface area contributed by atoms with Gasteiger partial charge < -0.3 is 0 Å². The Morgan fingerprint density at radius 3 is 1.92 bits per heavy atom. The molecule has 0 saturated heterocycles. The smallest absolute Gasteiger partial charge is 0.198 e. The van der Waals surface area contributed by atoms with E-state index in [1.807, 2.05) is 12.2 Å². The molecule has 2 bridgehead atoms. The van der Waals surface area contributed by atoms with Crippen LogP contribution in [0.5, 0.6) is 0 Å². The van der Waals surface area contributed by atoms with Gasteiger partial charge in [0.05, 0.1) is 0 Å². The predicted octanol–water partition coefficient (Wildman–Crippen LogP) is 1.66. The van der Waals surface area contributed by atoms with Gasteiger partial charge in [-0.25, -0.2) is 8.42 Å². The fraction of sp³-hybridized carbons (Fsp3) is 0.500. The number of fused-ring (bicyclic) bond motifs is 2. The molecule has 2 heterocycles. The van der Waals surface area contributed by atoms with Gasteiger partial charge in [0.25, 0.3) is 0 Å². The predicted molar refractivity (Wildman–Crippen MR) is 51.3 cm³/mol. The first-order chi connectivity index (χ1) is 5.93. The van der Waals surface area contributed by atoms with E-state index in [0.29, 0.717) is 0 Å². The molecule has 3 rings (SSSR count). The first-order valence-corrected chi connectivity index (χ1v) is 6.18. The minimum atomic E-state index is -3.47. The highest BCUT2D eigenvalue weighted by molar-refractivity contribution is 7.97. The van der Waals surface area contributed by atoms with Crippen LogP contribution in [0.2, 0.25) is 0 Å². The molecule has 0 amide bonds. The normalized spacial score (nSPS) is 59.2. The minimum absolute atomic E-state index is 0.0789. The Morgan fingerprint density at radius 1 is 1.08 bits per heavy atom. The van der Waals surface area contributed by atoms with Crippen LogP contribution in [0.25, 0.3) is 0 Å². The molecule has 0 aromatic rings. The highest BCUT2D eigenvalue weighted by atomic mass is 35.5. The average Bonchev–Trinajstić information content (AvgIpc) is 2.68. The summed E-state index contributed by atoms with van der Waals surface area (Å²) in [6, 6.07) is 0. The molecule has 2 unspecified atom stereocenters. The van der Waals surface area contributed by atoms with Crippen molar-refractivity contribution in [1.29, 1.82) is 0 Å². The Kier molecular flexibility index (Phi) is 1.19. The molecule has 2 nitrogen and oxygen atoms in total. The Labute approximate surface area is 86.1 Å². The summed E-state index contributed by atoms with van der Waals surface area (Å²) < 4.78 is 21.3. The van der Waals surface area contributed by atoms with Crippen molar-refractivity contribution < 1.29 is 8.42 Å². The average molecular weight is 237 g/mol. The van der Waals surface area contributed by atoms with Crippen molar-refractivity contribution in [2.45, 2.75) is 8.41 Å². The number of allylic oxidation sites excluding steroid dienone is 2. The topological polar surface area (TPSA) is 34.1 Å². The quantitative estimate of drug-likeness (QED) is 0.474. The highest BCUT2D eigenvalue weighted by Gasteiger charge is 2.77. The van der Waals surface area contributed by atoms with Crippen LogP contribution in [0.3, 0.4) is 0 Å². The van der Waals surface area contributed by atoms with Crippen LogP contribution >= 0.6 is 23.2 Å². The Morgan fingerprint density at radius 2 is 1.54 bits per heavy atom. The second-order valence-corrected chi connectivity index (χ2v) is 7.73. The van der Waals surface area contributed by atoms with E-state index in [9.17, 15) is 8.42 Å². The summed E-state index contributed by atoms with van der Waals surface area (Å²) in [5.74, 6) is -0.158. The lowest BCUT2D eigenvalue weighted by molar-refractivity contribution is 0.579. The molecule has 13 heavy (non-hydrogen) atoms. The molecule has 1 fully saturated rings. The van der Waals surface area contributed by atoms with Crippen molar-refractivity contribution in [3.63, 3.8) is 0 Å². The SMILES string of the molecule is O=S1(=O)C2(Cl)C=C[C@@H]3[C@H](C=C2)C31Cl. The first kappa shape index (κ1) is 8.33. The van der Waals surface area contributed by atoms with Gasteiger partial charge in [-0.05, 0) is 12.2 Å². The molecule has 0 aromatic carbocycles. The summed E-state index contributed by atoms with van der Waals surface area (Å²) in [7, 11) is -3.47. The molecule has 0 N–H and O–H groups in total. The van der Waals surface area contributed by atoms with Crippen LogP contribution in [0.15, 0.2) is 24.3 Å². The summed E-state index contributed by atoms with van der Waals surface area (Å²) in [6.07, 6.45) is 6.68. The van der Waals surface area contributed by atoms with Gasteiger partial charge >= 0.3 is 0 Å². The van der Waals surface area contributed by atoms with Crippen molar-refractivity contribution in [3.8, 4) is 0 Å². The van der Waals surface area contributed by atoms with Crippen molar-refractivity contribution in [3.05, 3.63) is 24.3 Å². The van der Waals surface area contributed by atoms with Crippen LogP contribution in [-0.2, 0) is 9.84 Å². The summed E-state index contributed by atoms with van der Waals surface area (Å²) in [5, 5.41) is 0. The van der Waals surface area contributed by atoms with Gasteiger partial charge in [0.1, 0.15) is 0 Å². The highest BCUT2D eigenvalue weighted by Crippen LogP contribution is 2.69. The summed E-state index contributed by atoms with van der Waals surface area (Å²) >= 11 is 12.0. The number of hydrogen-bond donors (Lipinski definition) is 0. The van der Waals surface area contributed by atoms with E-state index in [-0.39, 0.29) is 11.8 Å². The molecule has 0 spiro atoms. The van der Waals surface area contributed by atoms with Gasteiger partial charge in [0.15, 0.2) is 18.2 Å². The zero-order valence-electron chi connectivity index (χ0n) is 6.44. The molecule has 0 radical (unpaired) electrons. The molecule has 5 heteroatoms. The van der Waals surface area contributed by atoms with Crippen LogP contribution in [-0.4, -0.2) is 16.8 Å². The van der Waals surface area contributed by atoms with Crippen molar-refractivity contribution in [1.82, 2.24) is 0 Å². The maximum Gasteiger partial charge on any atom is 0.198 e. The number of halogens is 2. The van der Waals surface area contributed by atoms with Gasteiger partial charge in [-0.15, -0.1) is 11.6 Å². The molecule has 70 valence electrons. The maximum absolute atomic E-state index is 11.9. The monoisotopic (exact) mass is 236 g/mol. The van der Waals surface area contributed by atoms with E-state index in [1.54, 1.807) is 0 Å². The minimum Gasteiger partial charge on any atom is -0.224 e. The molecule has 1 saturated carbocycles. The molecule has 0 aromatic heterocycles. The molecule has 4 atom stereocenters. The van der Waals surface area contributed by atoms with Crippen molar-refractivity contribution >= 4 is 33.0 Å². The fourth-order valence-electron chi connectivity index (χ4n) is 2.19. The standard InChI is InChI=1S/C8H6Cl2O2S/c9-7-3-1-5-6(2-4-7)8(5,10)13(7,11)12/h1-6H/t5-,6+,7?,8?. The van der Waals surface area contributed by atoms with Crippen LogP contribution < -0.4 is 0 Å². The summed E-state index contributed by atoms with van der Waals surface area (Å²) in [5.41, 5.74) is 0. The Balaban J connectivity index is 2.41. The Bertz CT molecular complexity index is 429. The molecule has 2 aliphatic heterocycles. The molecule has 3 aliphatic rings. The van der Waals surface area contributed by atoms with Crippen LogP contribution in [0.4, 0.5) is 0 Å². The zero-order valence-corrected chi connectivity index (χ0v) is 8.77. The van der Waals surface area contributed by atoms with Gasteiger partial charge in [0, 0.05) is 11.8 Å². The van der Waals surface area contributed by atoms with Gasteiger partial charge in [0.2, 0.25) is 0 Å². The van der Waals surface area contributed by atoms with Crippen molar-refractivity contribution in [2.24, 2.45) is 11.8 Å². The van der Waals surface area contributed by atoms with E-state index < -0.39 is 18.2 Å². The van der Waals surface area contributed by atoms with Gasteiger partial charge in [-0.1, -0.05) is 23.8 Å². The van der Waals surface area contributed by atoms with E-state index in [1.165, 1.54) is 12.2 Å². The van der Waals surface area contributed by atoms with E-state index >= 15 is 0 Å². The third-order valence-electron chi connectivity index (χ3n) is 3.07. The van der Waals surface area contributed by atoms with Crippen LogP contribution in [0, 0.1) is 11.8 Å². The largest absolute Gasteiger partial charge is 0.224 e. The summed E-state index contributed by atoms with van der Waals surface area (Å²) in [4.78, 5) is 0. The number of sulfone groups is 1. The third-order valence-corrected chi connectivity index (χ3v) is 7.51. The molecular formula is C8H6Cl2O2S. The van der Waals surface area contributed by atoms with E-state index in [2.05, 4.69) is 0 Å². The van der Waals surface area contributed by atoms with E-state index in [0.717, 1.165) is 0 Å². The molecular weight excluding hydrogens is 231 g/mol. The lowest BCUT2D eigenvalue weighted by Gasteiger charge is -2.28. The van der Waals surface area contributed by atoms with E-state index in [4.69, 9.17) is 23.2 Å². The van der Waals surface area contributed by atoms with Crippen LogP contribution in [0.1, 0.15) is 0 Å².